The van der Waals surface area contributed by atoms with Crippen molar-refractivity contribution in [3.63, 3.8) is 0 Å². The minimum atomic E-state index is -1.79. The monoisotopic (exact) mass is 465 g/mol. The predicted molar refractivity (Wildman–Crippen MR) is 145 cm³/mol. The molecular weight excluding hydrogens is 418 g/mol. The first-order chi connectivity index (χ1) is 15.0. The van der Waals surface area contributed by atoms with E-state index in [1.807, 2.05) is 0 Å². The molecule has 33 heavy (non-hydrogen) atoms. The van der Waals surface area contributed by atoms with E-state index in [0.717, 1.165) is 17.2 Å². The normalized spacial score (nSPS) is 28.8. The average Bonchev–Trinajstić information content (AvgIpc) is 3.08. The number of hydrogen-bond donors (Lipinski definition) is 0. The summed E-state index contributed by atoms with van der Waals surface area (Å²) >= 11 is 0. The molecule has 0 saturated heterocycles. The van der Waals surface area contributed by atoms with Crippen LogP contribution in [0, 0.1) is 17.8 Å². The Bertz CT molecular complexity index is 987. The zero-order valence-corrected chi connectivity index (χ0v) is 24.3. The fourth-order valence-corrected chi connectivity index (χ4v) is 15.3. The van der Waals surface area contributed by atoms with Crippen LogP contribution in [0.3, 0.4) is 0 Å². The van der Waals surface area contributed by atoms with Crippen molar-refractivity contribution >= 4 is 13.8 Å². The zero-order chi connectivity index (χ0) is 24.7. The lowest BCUT2D eigenvalue weighted by molar-refractivity contribution is 0.121. The van der Waals surface area contributed by atoms with E-state index in [-0.39, 0.29) is 16.5 Å². The Hall–Kier alpha value is -1.32. The number of benzene rings is 1. The molecule has 1 saturated carbocycles. The van der Waals surface area contributed by atoms with E-state index >= 15 is 0 Å². The van der Waals surface area contributed by atoms with Crippen LogP contribution in [-0.4, -0.2) is 31.0 Å². The third-order valence-corrected chi connectivity index (χ3v) is 13.9. The van der Waals surface area contributed by atoms with Crippen LogP contribution in [0.25, 0.3) is 5.57 Å². The lowest BCUT2D eigenvalue weighted by Gasteiger charge is -2.57. The summed E-state index contributed by atoms with van der Waals surface area (Å²) in [5, 5.41) is 0. The van der Waals surface area contributed by atoms with Crippen molar-refractivity contribution in [2.45, 2.75) is 104 Å². The SMILES string of the molecule is COc1ccc2c(c1)C(C)(C)C1=CC3CC(C)C([Si](C)(C)N(C(C)(C)C)C(C)(C)C)C3C=C12. The van der Waals surface area contributed by atoms with Gasteiger partial charge in [0.2, 0.25) is 0 Å². The number of ether oxygens (including phenoxy) is 1. The first-order valence-corrected chi connectivity index (χ1v) is 16.0. The predicted octanol–water partition coefficient (Wildman–Crippen LogP) is 8.06. The fraction of sp³-hybridized carbons (Fsp3) is 0.667. The maximum absolute atomic E-state index is 5.59. The van der Waals surface area contributed by atoms with Crippen molar-refractivity contribution in [2.24, 2.45) is 17.8 Å². The standard InChI is InChI=1S/C30H47NOSi/c1-19-15-20-16-25-24(22-14-13-21(32-10)17-26(22)30(25,8)9)18-23(20)27(19)33(11,12)31(28(2,3)4)29(5,6)7/h13-14,16-20,23,27H,15H2,1-12H3. The van der Waals surface area contributed by atoms with Gasteiger partial charge in [0.15, 0.2) is 0 Å². The third kappa shape index (κ3) is 3.78. The molecule has 0 bridgehead atoms. The van der Waals surface area contributed by atoms with Gasteiger partial charge in [-0.3, -0.25) is 0 Å². The molecule has 182 valence electrons. The summed E-state index contributed by atoms with van der Waals surface area (Å²) in [6.07, 6.45) is 6.72. The number of fused-ring (bicyclic) bond motifs is 4. The molecule has 1 aromatic carbocycles. The molecule has 2 nitrogen and oxygen atoms in total. The van der Waals surface area contributed by atoms with E-state index in [1.54, 1.807) is 12.7 Å². The van der Waals surface area contributed by atoms with Gasteiger partial charge in [0, 0.05) is 16.5 Å². The van der Waals surface area contributed by atoms with Gasteiger partial charge in [0.1, 0.15) is 14.0 Å². The Balaban J connectivity index is 1.82. The van der Waals surface area contributed by atoms with Crippen LogP contribution in [0.5, 0.6) is 5.75 Å². The topological polar surface area (TPSA) is 12.5 Å². The van der Waals surface area contributed by atoms with E-state index < -0.39 is 8.24 Å². The maximum atomic E-state index is 5.59. The molecular formula is C30H47NOSi. The van der Waals surface area contributed by atoms with Crippen LogP contribution in [-0.2, 0) is 5.41 Å². The fourth-order valence-electron chi connectivity index (χ4n) is 8.75. The first kappa shape index (κ1) is 24.8. The van der Waals surface area contributed by atoms with Crippen molar-refractivity contribution in [1.82, 2.24) is 4.57 Å². The molecule has 0 heterocycles. The first-order valence-electron chi connectivity index (χ1n) is 12.9. The quantitative estimate of drug-likeness (QED) is 0.419. The largest absolute Gasteiger partial charge is 0.497 e. The van der Waals surface area contributed by atoms with E-state index in [0.29, 0.717) is 11.8 Å². The van der Waals surface area contributed by atoms with Gasteiger partial charge in [-0.1, -0.05) is 52.1 Å². The van der Waals surface area contributed by atoms with Crippen LogP contribution in [0.4, 0.5) is 0 Å². The van der Waals surface area contributed by atoms with Crippen LogP contribution < -0.4 is 4.74 Å². The van der Waals surface area contributed by atoms with Gasteiger partial charge in [-0.25, -0.2) is 0 Å². The lowest BCUT2D eigenvalue weighted by atomic mass is 9.76. The van der Waals surface area contributed by atoms with Gasteiger partial charge in [0.05, 0.1) is 7.11 Å². The Morgan fingerprint density at radius 3 is 2.15 bits per heavy atom. The smallest absolute Gasteiger partial charge is 0.127 e. The highest BCUT2D eigenvalue weighted by Crippen LogP contribution is 2.61. The minimum Gasteiger partial charge on any atom is -0.497 e. The van der Waals surface area contributed by atoms with Crippen LogP contribution in [0.15, 0.2) is 35.9 Å². The Morgan fingerprint density at radius 1 is 1.00 bits per heavy atom. The van der Waals surface area contributed by atoms with Crippen molar-refractivity contribution in [1.29, 1.82) is 0 Å². The number of methoxy groups -OCH3 is 1. The van der Waals surface area contributed by atoms with Crippen molar-refractivity contribution < 1.29 is 4.74 Å². The van der Waals surface area contributed by atoms with Gasteiger partial charge in [-0.15, -0.1) is 0 Å². The molecule has 3 heteroatoms. The molecule has 0 spiro atoms. The Morgan fingerprint density at radius 2 is 1.61 bits per heavy atom. The van der Waals surface area contributed by atoms with Crippen LogP contribution in [0.2, 0.25) is 18.6 Å². The summed E-state index contributed by atoms with van der Waals surface area (Å²) in [6, 6.07) is 6.71. The minimum absolute atomic E-state index is 0.0395. The van der Waals surface area contributed by atoms with E-state index in [2.05, 4.69) is 110 Å². The summed E-state index contributed by atoms with van der Waals surface area (Å²) in [6.45, 7) is 27.2. The summed E-state index contributed by atoms with van der Waals surface area (Å²) in [7, 11) is -0.0160. The van der Waals surface area contributed by atoms with Crippen molar-refractivity contribution in [2.75, 3.05) is 7.11 Å². The highest BCUT2D eigenvalue weighted by Gasteiger charge is 2.56. The van der Waals surface area contributed by atoms with Crippen molar-refractivity contribution in [3.8, 4) is 5.75 Å². The molecule has 0 radical (unpaired) electrons. The van der Waals surface area contributed by atoms with Gasteiger partial charge in [0.25, 0.3) is 0 Å². The summed E-state index contributed by atoms with van der Waals surface area (Å²) < 4.78 is 8.52. The van der Waals surface area contributed by atoms with Gasteiger partial charge < -0.3 is 9.30 Å². The number of nitrogens with zero attached hydrogens (tertiary/aromatic N) is 1. The molecule has 0 aliphatic heterocycles. The molecule has 3 aliphatic carbocycles. The molecule has 0 amide bonds. The van der Waals surface area contributed by atoms with Crippen LogP contribution in [0.1, 0.15) is 79.9 Å². The van der Waals surface area contributed by atoms with Crippen molar-refractivity contribution in [3.05, 3.63) is 47.1 Å². The lowest BCUT2D eigenvalue weighted by Crippen LogP contribution is -2.67. The summed E-state index contributed by atoms with van der Waals surface area (Å²) in [5.41, 5.74) is 7.00. The molecule has 0 aromatic heterocycles. The summed E-state index contributed by atoms with van der Waals surface area (Å²) in [5.74, 6) is 3.01. The van der Waals surface area contributed by atoms with E-state index in [1.165, 1.54) is 23.1 Å². The second-order valence-electron chi connectivity index (χ2n) is 14.0. The number of rotatable bonds is 3. The zero-order valence-electron chi connectivity index (χ0n) is 23.3. The molecule has 1 aromatic rings. The van der Waals surface area contributed by atoms with E-state index in [4.69, 9.17) is 4.74 Å². The molecule has 4 unspecified atom stereocenters. The van der Waals surface area contributed by atoms with Gasteiger partial charge in [-0.05, 0) is 106 Å². The molecule has 4 rings (SSSR count). The molecule has 3 aliphatic rings. The highest BCUT2D eigenvalue weighted by molar-refractivity contribution is 6.76. The van der Waals surface area contributed by atoms with Gasteiger partial charge in [-0.2, -0.15) is 0 Å². The molecule has 1 fully saturated rings. The summed E-state index contributed by atoms with van der Waals surface area (Å²) in [4.78, 5) is 0. The Kier molecular flexibility index (Phi) is 5.70. The Labute approximate surface area is 204 Å². The molecule has 0 N–H and O–H groups in total. The number of allylic oxidation sites excluding steroid dienone is 4. The average molecular weight is 466 g/mol. The van der Waals surface area contributed by atoms with Gasteiger partial charge >= 0.3 is 0 Å². The number of hydrogen-bond acceptors (Lipinski definition) is 2. The molecule has 4 atom stereocenters. The maximum Gasteiger partial charge on any atom is 0.127 e. The third-order valence-electron chi connectivity index (χ3n) is 8.79. The van der Waals surface area contributed by atoms with E-state index in [9.17, 15) is 0 Å². The second kappa shape index (κ2) is 7.59. The van der Waals surface area contributed by atoms with Crippen LogP contribution >= 0.6 is 0 Å². The second-order valence-corrected chi connectivity index (χ2v) is 18.4. The highest BCUT2D eigenvalue weighted by atomic mass is 28.3.